The first-order valence-electron chi connectivity index (χ1n) is 21.4. The van der Waals surface area contributed by atoms with Crippen LogP contribution in [0.25, 0.3) is 0 Å². The van der Waals surface area contributed by atoms with Crippen LogP contribution in [0.2, 0.25) is 0 Å². The van der Waals surface area contributed by atoms with Gasteiger partial charge < -0.3 is 72.3 Å². The first kappa shape index (κ1) is 75.6. The van der Waals surface area contributed by atoms with E-state index in [-0.39, 0.29) is 68.4 Å². The van der Waals surface area contributed by atoms with E-state index >= 15 is 0 Å². The molecule has 8 N–H and O–H groups in total. The van der Waals surface area contributed by atoms with Gasteiger partial charge in [-0.1, -0.05) is 72.8 Å². The quantitative estimate of drug-likeness (QED) is 0.0420. The molecule has 0 aliphatic carbocycles. The van der Waals surface area contributed by atoms with E-state index in [2.05, 4.69) is 41.2 Å². The van der Waals surface area contributed by atoms with E-state index < -0.39 is 10.2 Å². The molecule has 8 aromatic rings. The third-order valence-corrected chi connectivity index (χ3v) is 7.90. The number of aromatic nitrogens is 4. The van der Waals surface area contributed by atoms with Gasteiger partial charge in [0.15, 0.2) is 0 Å². The molecule has 0 aliphatic rings. The molecule has 4 amide bonds. The summed E-state index contributed by atoms with van der Waals surface area (Å²) in [7, 11) is 4.00. The minimum absolute atomic E-state index is 0. The Kier molecular flexibility index (Phi) is 50.0. The number of para-hydroxylation sites is 4. The molecule has 4 aromatic carbocycles. The normalized spacial score (nSPS) is 8.31. The van der Waals surface area contributed by atoms with Crippen molar-refractivity contribution in [1.82, 2.24) is 19.9 Å². The van der Waals surface area contributed by atoms with Gasteiger partial charge in [-0.25, -0.2) is 0 Å². The average molecular weight is 1260 g/mol. The van der Waals surface area contributed by atoms with Crippen LogP contribution in [-0.2, 0) is 44.8 Å². The van der Waals surface area contributed by atoms with Gasteiger partial charge in [0.2, 0.25) is 0 Å². The first-order chi connectivity index (χ1) is 36.9. The van der Waals surface area contributed by atoms with Gasteiger partial charge in [0.25, 0.3) is 23.6 Å². The second kappa shape index (κ2) is 51.6. The zero-order valence-corrected chi connectivity index (χ0v) is 44.9. The Morgan fingerprint density at radius 2 is 0.436 bits per heavy atom. The van der Waals surface area contributed by atoms with Gasteiger partial charge in [-0.15, -0.1) is 0 Å². The minimum Gasteiger partial charge on any atom is -0.400 e. The zero-order valence-electron chi connectivity index (χ0n) is 41.9. The van der Waals surface area contributed by atoms with Gasteiger partial charge in [0.1, 0.15) is 0 Å². The minimum atomic E-state index is -1.75. The van der Waals surface area contributed by atoms with Crippen LogP contribution in [0.3, 0.4) is 0 Å². The number of aliphatic hydroxyl groups excluding tert-OH is 4. The predicted molar refractivity (Wildman–Crippen MR) is 288 cm³/mol. The van der Waals surface area contributed by atoms with E-state index in [9.17, 15) is 19.2 Å². The number of nitrogens with one attached hydrogen (secondary N) is 4. The van der Waals surface area contributed by atoms with E-state index in [1.54, 1.807) is 98.1 Å². The Morgan fingerprint density at radius 1 is 0.308 bits per heavy atom. The Labute approximate surface area is 480 Å². The monoisotopic (exact) mass is 1260 g/mol. The maximum absolute atomic E-state index is 11.7. The van der Waals surface area contributed by atoms with Crippen molar-refractivity contribution in [3.05, 3.63) is 272 Å². The molecule has 0 saturated carbocycles. The summed E-state index contributed by atoms with van der Waals surface area (Å²) in [4.78, 5) is 78.6. The second-order valence-electron chi connectivity index (χ2n) is 12.7. The van der Waals surface area contributed by atoms with Crippen LogP contribution in [0, 0.1) is 30.6 Å². The van der Waals surface area contributed by atoms with E-state index in [1.165, 1.54) is 0 Å². The SMILES string of the molecule is CO.CO.CO.CO.O=C(Nc1ccccc1)c1ccncc1.O=C(Nc1ccccc1)c1ccncc1.O=C(Nc1ccccc1)c1ccncc1.O=C(Nc1ccccc1)c1ccncc1.O=[N+]([O-])[O-].O=[N+]([O-])[O-].[Ag+].[Ag+]. The largest absolute Gasteiger partial charge is 1.00 e. The van der Waals surface area contributed by atoms with Gasteiger partial charge in [-0.3, -0.25) is 39.1 Å². The molecule has 24 nitrogen and oxygen atoms in total. The van der Waals surface area contributed by atoms with Gasteiger partial charge in [-0.05, 0) is 97.1 Å². The van der Waals surface area contributed by atoms with Crippen LogP contribution in [0.4, 0.5) is 22.7 Å². The Morgan fingerprint density at radius 3 is 0.564 bits per heavy atom. The van der Waals surface area contributed by atoms with Crippen molar-refractivity contribution in [2.75, 3.05) is 49.7 Å². The molecule has 8 rings (SSSR count). The summed E-state index contributed by atoms with van der Waals surface area (Å²) in [5, 5.41) is 68.7. The van der Waals surface area contributed by atoms with E-state index in [0.29, 0.717) is 22.3 Å². The molecule has 0 unspecified atom stereocenters. The Bertz CT molecular complexity index is 2350. The molecular formula is C52H56Ag2N10O14. The number of anilines is 4. The number of rotatable bonds is 8. The summed E-state index contributed by atoms with van der Waals surface area (Å²) >= 11 is 0. The van der Waals surface area contributed by atoms with Crippen LogP contribution in [0.15, 0.2) is 219 Å². The standard InChI is InChI=1S/4C12H10N2O.4CH4O.2Ag.2NO3/c4*15-12(10-6-8-13-9-7-10)14-11-4-2-1-3-5-11;4*1-2;;;2*2-1(3)4/h4*1-9H,(H,14,15);4*2H,1H3;;;;/q;;;;;;;;2*+1;2*-1. The van der Waals surface area contributed by atoms with Crippen molar-refractivity contribution in [1.29, 1.82) is 0 Å². The summed E-state index contributed by atoms with van der Waals surface area (Å²) in [6, 6.07) is 50.8. The molecule has 0 radical (unpaired) electrons. The fourth-order valence-corrected chi connectivity index (χ4v) is 4.91. The van der Waals surface area contributed by atoms with Crippen molar-refractivity contribution in [3.63, 3.8) is 0 Å². The predicted octanol–water partition coefficient (Wildman–Crippen LogP) is 7.29. The number of aliphatic hydroxyl groups is 4. The van der Waals surface area contributed by atoms with Crippen LogP contribution in [0.5, 0.6) is 0 Å². The average Bonchev–Trinajstić information content (AvgIpc) is 3.47. The molecule has 0 fully saturated rings. The number of carbonyl (C=O) groups is 4. The number of amides is 4. The number of pyridine rings is 4. The fourth-order valence-electron chi connectivity index (χ4n) is 4.91. The van der Waals surface area contributed by atoms with Crippen molar-refractivity contribution in [3.8, 4) is 0 Å². The molecule has 4 aromatic heterocycles. The molecule has 420 valence electrons. The van der Waals surface area contributed by atoms with Crippen LogP contribution in [-0.4, -0.2) is 103 Å². The summed E-state index contributed by atoms with van der Waals surface area (Å²) in [5.41, 5.74) is 5.59. The van der Waals surface area contributed by atoms with Crippen LogP contribution in [0.1, 0.15) is 41.4 Å². The van der Waals surface area contributed by atoms with Crippen molar-refractivity contribution in [2.45, 2.75) is 0 Å². The van der Waals surface area contributed by atoms with Crippen LogP contribution < -0.4 is 21.3 Å². The zero-order chi connectivity index (χ0) is 57.2. The molecule has 0 atom stereocenters. The summed E-state index contributed by atoms with van der Waals surface area (Å²) in [6.07, 6.45) is 12.8. The molecule has 0 spiro atoms. The van der Waals surface area contributed by atoms with Gasteiger partial charge >= 0.3 is 44.8 Å². The van der Waals surface area contributed by atoms with Gasteiger partial charge in [-0.2, -0.15) is 0 Å². The Hall–Kier alpha value is -8.92. The number of hydrogen-bond donors (Lipinski definition) is 8. The van der Waals surface area contributed by atoms with E-state index in [4.69, 9.17) is 51.1 Å². The molecule has 26 heteroatoms. The summed E-state index contributed by atoms with van der Waals surface area (Å²) in [6.45, 7) is 0. The number of nitrogens with zero attached hydrogens (tertiary/aromatic N) is 6. The summed E-state index contributed by atoms with van der Waals surface area (Å²) < 4.78 is 0. The van der Waals surface area contributed by atoms with E-state index in [0.717, 1.165) is 51.2 Å². The Balaban J connectivity index is -0.000000425. The molecule has 0 aliphatic heterocycles. The summed E-state index contributed by atoms with van der Waals surface area (Å²) in [5.74, 6) is -0.487. The smallest absolute Gasteiger partial charge is 0.400 e. The second-order valence-corrected chi connectivity index (χ2v) is 12.7. The third-order valence-electron chi connectivity index (χ3n) is 7.90. The molecule has 4 heterocycles. The number of benzene rings is 4. The molecule has 0 saturated heterocycles. The first-order valence-corrected chi connectivity index (χ1v) is 21.4. The molecule has 78 heavy (non-hydrogen) atoms. The fraction of sp³-hybridized carbons (Fsp3) is 0.0769. The number of carbonyl (C=O) groups excluding carboxylic acids is 4. The van der Waals surface area contributed by atoms with E-state index in [1.807, 2.05) is 121 Å². The third kappa shape index (κ3) is 38.6. The van der Waals surface area contributed by atoms with Crippen LogP contribution >= 0.6 is 0 Å². The maximum Gasteiger partial charge on any atom is 1.00 e. The van der Waals surface area contributed by atoms with Crippen molar-refractivity contribution >= 4 is 46.4 Å². The number of hydrogen-bond acceptors (Lipinski definition) is 18. The molecule has 0 bridgehead atoms. The van der Waals surface area contributed by atoms with Crippen molar-refractivity contribution in [2.24, 2.45) is 0 Å². The van der Waals surface area contributed by atoms with Crippen molar-refractivity contribution < 1.29 is 94.5 Å². The molecular weight excluding hydrogens is 1200 g/mol. The van der Waals surface area contributed by atoms with Gasteiger partial charge in [0, 0.05) is 123 Å². The maximum atomic E-state index is 11.7. The van der Waals surface area contributed by atoms with Gasteiger partial charge in [0.05, 0.1) is 10.2 Å². The topological polar surface area (TPSA) is 381 Å².